The number of hydrogen-bond acceptors (Lipinski definition) is 7. The van der Waals surface area contributed by atoms with Crippen molar-refractivity contribution in [2.24, 2.45) is 0 Å². The molecule has 0 saturated carbocycles. The number of carbonyl (C=O) groups excluding carboxylic acids is 3. The SMILES string of the molecule is CC(C)(C)OC(=O)N(c1ccc(NC(=O)C(F)(F)F)nc1)N(C(=O)c1ccccc1F)c1ccc(N)cn1. The summed E-state index contributed by atoms with van der Waals surface area (Å²) in [5.74, 6) is -4.86. The maximum absolute atomic E-state index is 14.6. The summed E-state index contributed by atoms with van der Waals surface area (Å²) < 4.78 is 57.9. The zero-order valence-electron chi connectivity index (χ0n) is 20.3. The number of nitrogens with zero attached hydrogens (tertiary/aromatic N) is 4. The summed E-state index contributed by atoms with van der Waals surface area (Å²) in [6, 6.07) is 9.73. The number of ether oxygens (including phenoxy) is 1. The van der Waals surface area contributed by atoms with Crippen LogP contribution in [0, 0.1) is 5.82 Å². The first-order valence-corrected chi connectivity index (χ1v) is 10.8. The first kappa shape index (κ1) is 27.8. The number of nitrogen functional groups attached to an aromatic ring is 1. The Labute approximate surface area is 214 Å². The summed E-state index contributed by atoms with van der Waals surface area (Å²) in [7, 11) is 0. The molecule has 3 amide bonds. The van der Waals surface area contributed by atoms with Gasteiger partial charge in [-0.25, -0.2) is 19.2 Å². The first-order valence-electron chi connectivity index (χ1n) is 10.8. The molecule has 3 rings (SSSR count). The van der Waals surface area contributed by atoms with Crippen LogP contribution in [-0.4, -0.2) is 39.7 Å². The number of aromatic nitrogens is 2. The van der Waals surface area contributed by atoms with E-state index in [0.29, 0.717) is 10.0 Å². The van der Waals surface area contributed by atoms with Gasteiger partial charge in [-0.2, -0.15) is 23.2 Å². The highest BCUT2D eigenvalue weighted by Gasteiger charge is 2.39. The van der Waals surface area contributed by atoms with Crippen LogP contribution in [0.3, 0.4) is 0 Å². The fourth-order valence-electron chi connectivity index (χ4n) is 2.95. The van der Waals surface area contributed by atoms with Gasteiger partial charge in [0.15, 0.2) is 5.82 Å². The molecule has 0 spiro atoms. The lowest BCUT2D eigenvalue weighted by Crippen LogP contribution is -2.52. The molecule has 0 aliphatic heterocycles. The van der Waals surface area contributed by atoms with Crippen molar-refractivity contribution >= 4 is 40.9 Å². The molecule has 0 radical (unpaired) electrons. The molecule has 2 heterocycles. The van der Waals surface area contributed by atoms with Gasteiger partial charge in [0.25, 0.3) is 5.91 Å². The number of halogens is 4. The van der Waals surface area contributed by atoms with Gasteiger partial charge >= 0.3 is 18.2 Å². The van der Waals surface area contributed by atoms with Crippen LogP contribution in [0.1, 0.15) is 31.1 Å². The van der Waals surface area contributed by atoms with Crippen molar-refractivity contribution in [3.8, 4) is 0 Å². The van der Waals surface area contributed by atoms with E-state index in [-0.39, 0.29) is 17.2 Å². The fourth-order valence-corrected chi connectivity index (χ4v) is 2.95. The number of nitrogens with two attached hydrogens (primary N) is 1. The number of benzene rings is 1. The van der Waals surface area contributed by atoms with E-state index in [1.165, 1.54) is 36.5 Å². The van der Waals surface area contributed by atoms with E-state index in [4.69, 9.17) is 10.5 Å². The molecule has 3 N–H and O–H groups in total. The van der Waals surface area contributed by atoms with Gasteiger partial charge in [0, 0.05) is 0 Å². The molecular formula is C24H22F4N6O4. The molecule has 14 heteroatoms. The van der Waals surface area contributed by atoms with Crippen LogP contribution >= 0.6 is 0 Å². The highest BCUT2D eigenvalue weighted by Crippen LogP contribution is 2.28. The van der Waals surface area contributed by atoms with Crippen LogP contribution in [0.5, 0.6) is 0 Å². The number of alkyl halides is 3. The molecule has 0 aliphatic carbocycles. The maximum Gasteiger partial charge on any atom is 0.471 e. The van der Waals surface area contributed by atoms with Crippen molar-refractivity contribution < 1.29 is 36.7 Å². The number of rotatable bonds is 4. The summed E-state index contributed by atoms with van der Waals surface area (Å²) in [5, 5.41) is 2.96. The number of hydrogen-bond donors (Lipinski definition) is 2. The Morgan fingerprint density at radius 3 is 2.13 bits per heavy atom. The van der Waals surface area contributed by atoms with E-state index in [1.807, 2.05) is 0 Å². The topological polar surface area (TPSA) is 131 Å². The van der Waals surface area contributed by atoms with E-state index in [1.54, 1.807) is 26.1 Å². The standard InChI is InChI=1S/C24H22F4N6O4/c1-23(2,3)38-22(37)33(15-9-10-18(30-13-15)32-21(36)24(26,27)28)34(19-11-8-14(29)12-31-19)20(35)16-6-4-5-7-17(16)25/h4-13H,29H2,1-3H3,(H,30,32,36). The monoisotopic (exact) mass is 534 g/mol. The maximum atomic E-state index is 14.6. The van der Waals surface area contributed by atoms with Gasteiger partial charge < -0.3 is 15.8 Å². The molecule has 0 unspecified atom stereocenters. The van der Waals surface area contributed by atoms with E-state index >= 15 is 0 Å². The van der Waals surface area contributed by atoms with E-state index in [2.05, 4.69) is 9.97 Å². The number of hydrazine groups is 1. The van der Waals surface area contributed by atoms with Crippen LogP contribution < -0.4 is 21.1 Å². The summed E-state index contributed by atoms with van der Waals surface area (Å²) in [6.07, 6.45) is -4.19. The molecule has 0 bridgehead atoms. The Morgan fingerprint density at radius 2 is 1.61 bits per heavy atom. The highest BCUT2D eigenvalue weighted by molar-refractivity contribution is 6.11. The van der Waals surface area contributed by atoms with Gasteiger partial charge in [-0.1, -0.05) is 12.1 Å². The second-order valence-corrected chi connectivity index (χ2v) is 8.69. The van der Waals surface area contributed by atoms with Gasteiger partial charge in [-0.3, -0.25) is 9.59 Å². The number of nitrogens with one attached hydrogen (secondary N) is 1. The van der Waals surface area contributed by atoms with Crippen molar-refractivity contribution in [1.29, 1.82) is 0 Å². The lowest BCUT2D eigenvalue weighted by molar-refractivity contribution is -0.167. The minimum absolute atomic E-state index is 0.173. The Morgan fingerprint density at radius 1 is 0.921 bits per heavy atom. The molecule has 2 aromatic heterocycles. The minimum atomic E-state index is -5.16. The van der Waals surface area contributed by atoms with E-state index in [0.717, 1.165) is 24.4 Å². The molecule has 1 aromatic carbocycles. The zero-order chi connectivity index (χ0) is 28.3. The van der Waals surface area contributed by atoms with E-state index < -0.39 is 46.9 Å². The van der Waals surface area contributed by atoms with Gasteiger partial charge in [0.05, 0.1) is 29.3 Å². The molecule has 38 heavy (non-hydrogen) atoms. The minimum Gasteiger partial charge on any atom is -0.442 e. The molecule has 0 aliphatic rings. The number of pyridine rings is 2. The van der Waals surface area contributed by atoms with Crippen LogP contribution in [0.2, 0.25) is 0 Å². The Hall–Kier alpha value is -4.75. The van der Waals surface area contributed by atoms with Gasteiger partial charge in [0.2, 0.25) is 0 Å². The van der Waals surface area contributed by atoms with Crippen LogP contribution in [0.15, 0.2) is 60.9 Å². The summed E-state index contributed by atoms with van der Waals surface area (Å²) in [4.78, 5) is 46.1. The Balaban J connectivity index is 2.15. The van der Waals surface area contributed by atoms with Gasteiger partial charge in [-0.15, -0.1) is 0 Å². The summed E-state index contributed by atoms with van der Waals surface area (Å²) in [6.45, 7) is 4.67. The smallest absolute Gasteiger partial charge is 0.442 e. The van der Waals surface area contributed by atoms with Crippen molar-refractivity contribution in [3.05, 3.63) is 72.3 Å². The average Bonchev–Trinajstić information content (AvgIpc) is 2.82. The average molecular weight is 534 g/mol. The van der Waals surface area contributed by atoms with Gasteiger partial charge in [-0.05, 0) is 57.2 Å². The fraction of sp³-hybridized carbons (Fsp3) is 0.208. The molecule has 0 atom stereocenters. The lowest BCUT2D eigenvalue weighted by atomic mass is 10.2. The Kier molecular flexibility index (Phi) is 7.84. The van der Waals surface area contributed by atoms with Crippen LogP contribution in [0.25, 0.3) is 0 Å². The van der Waals surface area contributed by atoms with E-state index in [9.17, 15) is 31.9 Å². The molecule has 10 nitrogen and oxygen atoms in total. The number of amides is 3. The third kappa shape index (κ3) is 6.72. The molecule has 0 fully saturated rings. The molecule has 3 aromatic rings. The number of anilines is 4. The van der Waals surface area contributed by atoms with Crippen molar-refractivity contribution in [1.82, 2.24) is 9.97 Å². The lowest BCUT2D eigenvalue weighted by Gasteiger charge is -2.35. The second-order valence-electron chi connectivity index (χ2n) is 8.69. The van der Waals surface area contributed by atoms with Crippen molar-refractivity contribution in [3.63, 3.8) is 0 Å². The summed E-state index contributed by atoms with van der Waals surface area (Å²) in [5.41, 5.74) is 4.24. The quantitative estimate of drug-likeness (QED) is 0.366. The Bertz CT molecular complexity index is 1330. The summed E-state index contributed by atoms with van der Waals surface area (Å²) >= 11 is 0. The molecule has 0 saturated heterocycles. The van der Waals surface area contributed by atoms with Crippen molar-refractivity contribution in [2.75, 3.05) is 21.1 Å². The third-order valence-electron chi connectivity index (χ3n) is 4.54. The first-order chi connectivity index (χ1) is 17.7. The third-order valence-corrected chi connectivity index (χ3v) is 4.54. The largest absolute Gasteiger partial charge is 0.471 e. The molecular weight excluding hydrogens is 512 g/mol. The van der Waals surface area contributed by atoms with Crippen LogP contribution in [0.4, 0.5) is 45.4 Å². The van der Waals surface area contributed by atoms with Crippen molar-refractivity contribution in [2.45, 2.75) is 32.5 Å². The van der Waals surface area contributed by atoms with Crippen LogP contribution in [-0.2, 0) is 9.53 Å². The van der Waals surface area contributed by atoms with Gasteiger partial charge in [0.1, 0.15) is 17.2 Å². The number of carbonyl (C=O) groups is 3. The zero-order valence-corrected chi connectivity index (χ0v) is 20.3. The second kappa shape index (κ2) is 10.7. The normalized spacial score (nSPS) is 11.4. The predicted molar refractivity (Wildman–Crippen MR) is 129 cm³/mol. The highest BCUT2D eigenvalue weighted by atomic mass is 19.4. The predicted octanol–water partition coefficient (Wildman–Crippen LogP) is 4.70. The molecule has 200 valence electrons.